The first-order valence-electron chi connectivity index (χ1n) is 4.93. The van der Waals surface area contributed by atoms with Crippen molar-refractivity contribution in [2.45, 2.75) is 18.4 Å². The van der Waals surface area contributed by atoms with E-state index in [9.17, 15) is 4.79 Å². The van der Waals surface area contributed by atoms with Crippen LogP contribution in [0.1, 0.15) is 28.8 Å². The van der Waals surface area contributed by atoms with E-state index in [1.807, 2.05) is 18.2 Å². The van der Waals surface area contributed by atoms with Crippen molar-refractivity contribution in [3.05, 3.63) is 35.4 Å². The molecule has 1 aliphatic rings. The van der Waals surface area contributed by atoms with Crippen LogP contribution in [0.4, 0.5) is 0 Å². The number of carbonyl (C=O) groups is 1. The Hall–Kier alpha value is -1.15. The summed E-state index contributed by atoms with van der Waals surface area (Å²) in [7, 11) is 4.16. The van der Waals surface area contributed by atoms with Crippen molar-refractivity contribution >= 4 is 6.29 Å². The Labute approximate surface area is 84.5 Å². The number of nitrogens with zero attached hydrogens (tertiary/aromatic N) is 1. The molecule has 74 valence electrons. The molecule has 1 saturated carbocycles. The number of benzene rings is 1. The van der Waals surface area contributed by atoms with Gasteiger partial charge in [0.05, 0.1) is 0 Å². The first kappa shape index (κ1) is 9.41. The Morgan fingerprint density at radius 2 is 1.93 bits per heavy atom. The third-order valence-corrected chi connectivity index (χ3v) is 3.17. The fraction of sp³-hybridized carbons (Fsp3) is 0.417. The average molecular weight is 189 g/mol. The lowest BCUT2D eigenvalue weighted by Gasteiger charge is -2.25. The van der Waals surface area contributed by atoms with Gasteiger partial charge in [0.15, 0.2) is 0 Å². The monoisotopic (exact) mass is 189 g/mol. The van der Waals surface area contributed by atoms with E-state index >= 15 is 0 Å². The highest BCUT2D eigenvalue weighted by Gasteiger charge is 2.47. The molecule has 0 radical (unpaired) electrons. The molecule has 2 rings (SSSR count). The molecule has 0 heterocycles. The summed E-state index contributed by atoms with van der Waals surface area (Å²) in [5, 5.41) is 0. The molecule has 1 aromatic rings. The van der Waals surface area contributed by atoms with Crippen LogP contribution < -0.4 is 0 Å². The van der Waals surface area contributed by atoms with Crippen LogP contribution in [0, 0.1) is 0 Å². The van der Waals surface area contributed by atoms with Gasteiger partial charge in [0.2, 0.25) is 0 Å². The molecule has 2 nitrogen and oxygen atoms in total. The molecule has 0 atom stereocenters. The molecule has 1 fully saturated rings. The number of aldehydes is 1. The molecule has 2 heteroatoms. The van der Waals surface area contributed by atoms with Gasteiger partial charge >= 0.3 is 0 Å². The second-order valence-corrected chi connectivity index (χ2v) is 4.13. The fourth-order valence-electron chi connectivity index (χ4n) is 2.10. The molecule has 0 spiro atoms. The van der Waals surface area contributed by atoms with E-state index in [0.717, 1.165) is 24.7 Å². The average Bonchev–Trinajstić information content (AvgIpc) is 2.98. The SMILES string of the molecule is CN(C)C1(c2ccccc2C=O)CC1. The van der Waals surface area contributed by atoms with Gasteiger partial charge in [0.25, 0.3) is 0 Å². The van der Waals surface area contributed by atoms with E-state index in [1.54, 1.807) is 0 Å². The normalized spacial score (nSPS) is 18.2. The molecule has 0 bridgehead atoms. The maximum Gasteiger partial charge on any atom is 0.150 e. The predicted octanol–water partition coefficient (Wildman–Crippen LogP) is 2.05. The van der Waals surface area contributed by atoms with Crippen LogP contribution in [0.2, 0.25) is 0 Å². The molecular formula is C12H15NO. The van der Waals surface area contributed by atoms with Gasteiger partial charge in [-0.05, 0) is 32.5 Å². The van der Waals surface area contributed by atoms with Crippen LogP contribution in [0.25, 0.3) is 0 Å². The van der Waals surface area contributed by atoms with Crippen molar-refractivity contribution in [1.29, 1.82) is 0 Å². The zero-order valence-electron chi connectivity index (χ0n) is 8.66. The summed E-state index contributed by atoms with van der Waals surface area (Å²) in [6.45, 7) is 0. The van der Waals surface area contributed by atoms with Crippen LogP contribution in [-0.2, 0) is 5.54 Å². The Balaban J connectivity index is 2.46. The summed E-state index contributed by atoms with van der Waals surface area (Å²) in [4.78, 5) is 13.1. The molecule has 0 unspecified atom stereocenters. The quantitative estimate of drug-likeness (QED) is 0.678. The van der Waals surface area contributed by atoms with Crippen molar-refractivity contribution in [3.63, 3.8) is 0 Å². The van der Waals surface area contributed by atoms with Crippen molar-refractivity contribution in [2.75, 3.05) is 14.1 Å². The third-order valence-electron chi connectivity index (χ3n) is 3.17. The molecule has 0 N–H and O–H groups in total. The molecule has 14 heavy (non-hydrogen) atoms. The highest BCUT2D eigenvalue weighted by molar-refractivity contribution is 5.78. The lowest BCUT2D eigenvalue weighted by Crippen LogP contribution is -2.28. The minimum absolute atomic E-state index is 0.136. The van der Waals surface area contributed by atoms with E-state index in [1.165, 1.54) is 5.56 Å². The first-order valence-corrected chi connectivity index (χ1v) is 4.93. The minimum atomic E-state index is 0.136. The summed E-state index contributed by atoms with van der Waals surface area (Å²) in [5.74, 6) is 0. The maximum atomic E-state index is 10.9. The van der Waals surface area contributed by atoms with Gasteiger partial charge in [-0.3, -0.25) is 9.69 Å². The third kappa shape index (κ3) is 1.26. The lowest BCUT2D eigenvalue weighted by molar-refractivity contribution is 0.112. The minimum Gasteiger partial charge on any atom is -0.300 e. The highest BCUT2D eigenvalue weighted by Crippen LogP contribution is 2.50. The number of hydrogen-bond acceptors (Lipinski definition) is 2. The highest BCUT2D eigenvalue weighted by atomic mass is 16.1. The van der Waals surface area contributed by atoms with Crippen molar-refractivity contribution in [2.24, 2.45) is 0 Å². The molecule has 0 saturated heterocycles. The Morgan fingerprint density at radius 3 is 2.43 bits per heavy atom. The maximum absolute atomic E-state index is 10.9. The number of rotatable bonds is 3. The smallest absolute Gasteiger partial charge is 0.150 e. The second-order valence-electron chi connectivity index (χ2n) is 4.13. The Morgan fingerprint density at radius 1 is 1.29 bits per heavy atom. The van der Waals surface area contributed by atoms with Gasteiger partial charge in [-0.1, -0.05) is 24.3 Å². The predicted molar refractivity (Wildman–Crippen MR) is 56.4 cm³/mol. The van der Waals surface area contributed by atoms with Crippen LogP contribution in [-0.4, -0.2) is 25.3 Å². The van der Waals surface area contributed by atoms with Crippen molar-refractivity contribution < 1.29 is 4.79 Å². The van der Waals surface area contributed by atoms with E-state index in [4.69, 9.17) is 0 Å². The van der Waals surface area contributed by atoms with Gasteiger partial charge in [-0.15, -0.1) is 0 Å². The summed E-state index contributed by atoms with van der Waals surface area (Å²) in [5.41, 5.74) is 2.15. The molecule has 0 amide bonds. The van der Waals surface area contributed by atoms with Gasteiger partial charge in [0.1, 0.15) is 6.29 Å². The van der Waals surface area contributed by atoms with E-state index in [-0.39, 0.29) is 5.54 Å². The number of carbonyl (C=O) groups excluding carboxylic acids is 1. The Bertz CT molecular complexity index is 353. The van der Waals surface area contributed by atoms with Gasteiger partial charge < -0.3 is 0 Å². The Kier molecular flexibility index (Phi) is 2.16. The number of hydrogen-bond donors (Lipinski definition) is 0. The zero-order valence-corrected chi connectivity index (χ0v) is 8.66. The second kappa shape index (κ2) is 3.21. The van der Waals surface area contributed by atoms with E-state index in [0.29, 0.717) is 0 Å². The summed E-state index contributed by atoms with van der Waals surface area (Å²) >= 11 is 0. The zero-order chi connectivity index (χ0) is 10.2. The van der Waals surface area contributed by atoms with E-state index in [2.05, 4.69) is 25.1 Å². The largest absolute Gasteiger partial charge is 0.300 e. The molecule has 1 aliphatic carbocycles. The summed E-state index contributed by atoms with van der Waals surface area (Å²) in [6.07, 6.45) is 3.27. The summed E-state index contributed by atoms with van der Waals surface area (Å²) < 4.78 is 0. The lowest BCUT2D eigenvalue weighted by atomic mass is 9.98. The summed E-state index contributed by atoms with van der Waals surface area (Å²) in [6, 6.07) is 7.88. The van der Waals surface area contributed by atoms with Crippen molar-refractivity contribution in [3.8, 4) is 0 Å². The molecule has 0 aromatic heterocycles. The molecular weight excluding hydrogens is 174 g/mol. The van der Waals surface area contributed by atoms with Crippen LogP contribution >= 0.6 is 0 Å². The van der Waals surface area contributed by atoms with Crippen LogP contribution in [0.3, 0.4) is 0 Å². The standard InChI is InChI=1S/C12H15NO/c1-13(2)12(7-8-12)11-6-4-3-5-10(11)9-14/h3-6,9H,7-8H2,1-2H3. The van der Waals surface area contributed by atoms with Crippen LogP contribution in [0.5, 0.6) is 0 Å². The molecule has 1 aromatic carbocycles. The van der Waals surface area contributed by atoms with Crippen molar-refractivity contribution in [1.82, 2.24) is 4.90 Å². The van der Waals surface area contributed by atoms with Crippen LogP contribution in [0.15, 0.2) is 24.3 Å². The first-order chi connectivity index (χ1) is 6.70. The van der Waals surface area contributed by atoms with Gasteiger partial charge in [-0.2, -0.15) is 0 Å². The molecule has 0 aliphatic heterocycles. The topological polar surface area (TPSA) is 20.3 Å². The fourth-order valence-corrected chi connectivity index (χ4v) is 2.10. The van der Waals surface area contributed by atoms with Gasteiger partial charge in [-0.25, -0.2) is 0 Å². The van der Waals surface area contributed by atoms with E-state index < -0.39 is 0 Å². The van der Waals surface area contributed by atoms with Gasteiger partial charge in [0, 0.05) is 11.1 Å².